The van der Waals surface area contributed by atoms with Crippen LogP contribution in [0.1, 0.15) is 30.6 Å². The van der Waals surface area contributed by atoms with Gasteiger partial charge in [-0.25, -0.2) is 0 Å². The Kier molecular flexibility index (Phi) is 3.38. The summed E-state index contributed by atoms with van der Waals surface area (Å²) in [6.45, 7) is 3.54. The Morgan fingerprint density at radius 3 is 2.43 bits per heavy atom. The monoisotopic (exact) mass is 193 g/mol. The van der Waals surface area contributed by atoms with Crippen molar-refractivity contribution in [3.63, 3.8) is 0 Å². The van der Waals surface area contributed by atoms with Crippen LogP contribution in [0.2, 0.25) is 0 Å². The molecule has 14 heavy (non-hydrogen) atoms. The lowest BCUT2D eigenvalue weighted by Crippen LogP contribution is -2.38. The highest BCUT2D eigenvalue weighted by Crippen LogP contribution is 2.12. The fourth-order valence-corrected chi connectivity index (χ4v) is 1.17. The number of rotatable bonds is 4. The number of hydrogen-bond donors (Lipinski definition) is 2. The van der Waals surface area contributed by atoms with E-state index in [0.29, 0.717) is 5.56 Å². The Morgan fingerprint density at radius 2 is 1.93 bits per heavy atom. The summed E-state index contributed by atoms with van der Waals surface area (Å²) in [6, 6.07) is 9.07. The highest BCUT2D eigenvalue weighted by Gasteiger charge is 2.21. The van der Waals surface area contributed by atoms with E-state index in [1.165, 1.54) is 0 Å². The summed E-state index contributed by atoms with van der Waals surface area (Å²) in [5.41, 5.74) is 2.22. The largest absolute Gasteiger partial charge is 0.316 e. The van der Waals surface area contributed by atoms with Gasteiger partial charge in [0.2, 0.25) is 0 Å². The summed E-state index contributed by atoms with van der Waals surface area (Å²) in [7, 11) is 0. The van der Waals surface area contributed by atoms with Crippen molar-refractivity contribution in [1.82, 2.24) is 5.48 Å². The molecule has 0 radical (unpaired) electrons. The van der Waals surface area contributed by atoms with Crippen LogP contribution in [0.5, 0.6) is 0 Å². The van der Waals surface area contributed by atoms with E-state index < -0.39 is 5.54 Å². The molecule has 0 spiro atoms. The van der Waals surface area contributed by atoms with Crippen LogP contribution in [0.25, 0.3) is 0 Å². The zero-order valence-corrected chi connectivity index (χ0v) is 8.45. The van der Waals surface area contributed by atoms with E-state index in [2.05, 4.69) is 5.48 Å². The summed E-state index contributed by atoms with van der Waals surface area (Å²) >= 11 is 0. The van der Waals surface area contributed by atoms with Crippen molar-refractivity contribution in [1.29, 1.82) is 0 Å². The molecule has 0 amide bonds. The SMILES string of the molecule is CC(C)(CC(=O)c1ccccc1)NO. The molecule has 0 atom stereocenters. The van der Waals surface area contributed by atoms with Gasteiger partial charge in [0, 0.05) is 17.5 Å². The number of carbonyl (C=O) groups is 1. The normalized spacial score (nSPS) is 11.4. The maximum Gasteiger partial charge on any atom is 0.164 e. The summed E-state index contributed by atoms with van der Waals surface area (Å²) in [6.07, 6.45) is 0.271. The second kappa shape index (κ2) is 4.35. The minimum atomic E-state index is -0.576. The lowest BCUT2D eigenvalue weighted by Gasteiger charge is -2.21. The average Bonchev–Trinajstić information content (AvgIpc) is 2.19. The fourth-order valence-electron chi connectivity index (χ4n) is 1.17. The number of carbonyl (C=O) groups excluding carboxylic acids is 1. The van der Waals surface area contributed by atoms with Crippen LogP contribution in [0.15, 0.2) is 30.3 Å². The lowest BCUT2D eigenvalue weighted by molar-refractivity contribution is 0.0657. The standard InChI is InChI=1S/C11H15NO2/c1-11(2,12-14)8-10(13)9-6-4-3-5-7-9/h3-7,12,14H,8H2,1-2H3. The molecule has 1 aromatic rings. The van der Waals surface area contributed by atoms with Crippen molar-refractivity contribution >= 4 is 5.78 Å². The molecular formula is C11H15NO2. The number of benzene rings is 1. The molecular weight excluding hydrogens is 178 g/mol. The average molecular weight is 193 g/mol. The second-order valence-electron chi connectivity index (χ2n) is 3.96. The van der Waals surface area contributed by atoms with E-state index in [4.69, 9.17) is 5.21 Å². The van der Waals surface area contributed by atoms with Crippen LogP contribution in [-0.4, -0.2) is 16.5 Å². The molecule has 3 nitrogen and oxygen atoms in total. The predicted molar refractivity (Wildman–Crippen MR) is 54.4 cm³/mol. The van der Waals surface area contributed by atoms with E-state index in [1.54, 1.807) is 26.0 Å². The maximum absolute atomic E-state index is 11.7. The van der Waals surface area contributed by atoms with Crippen LogP contribution >= 0.6 is 0 Å². The van der Waals surface area contributed by atoms with Gasteiger partial charge in [0.25, 0.3) is 0 Å². The van der Waals surface area contributed by atoms with Crippen molar-refractivity contribution < 1.29 is 10.0 Å². The molecule has 0 aliphatic carbocycles. The lowest BCUT2D eigenvalue weighted by atomic mass is 9.95. The van der Waals surface area contributed by atoms with Crippen molar-refractivity contribution in [3.05, 3.63) is 35.9 Å². The Bertz CT molecular complexity index is 306. The van der Waals surface area contributed by atoms with Crippen LogP contribution in [-0.2, 0) is 0 Å². The van der Waals surface area contributed by atoms with E-state index in [-0.39, 0.29) is 12.2 Å². The molecule has 0 aromatic heterocycles. The quantitative estimate of drug-likeness (QED) is 0.568. The van der Waals surface area contributed by atoms with Crippen molar-refractivity contribution in [2.75, 3.05) is 0 Å². The zero-order valence-electron chi connectivity index (χ0n) is 8.45. The third kappa shape index (κ3) is 2.94. The number of nitrogens with one attached hydrogen (secondary N) is 1. The smallest absolute Gasteiger partial charge is 0.164 e. The Hall–Kier alpha value is -1.19. The van der Waals surface area contributed by atoms with Crippen molar-refractivity contribution in [3.8, 4) is 0 Å². The first-order chi connectivity index (χ1) is 6.55. The van der Waals surface area contributed by atoms with Gasteiger partial charge < -0.3 is 5.21 Å². The number of ketones is 1. The van der Waals surface area contributed by atoms with Crippen LogP contribution < -0.4 is 5.48 Å². The molecule has 1 aromatic carbocycles. The molecule has 76 valence electrons. The summed E-state index contributed by atoms with van der Waals surface area (Å²) in [5, 5.41) is 8.79. The van der Waals surface area contributed by atoms with Crippen LogP contribution in [0, 0.1) is 0 Å². The third-order valence-corrected chi connectivity index (χ3v) is 2.00. The minimum Gasteiger partial charge on any atom is -0.316 e. The molecule has 1 rings (SSSR count). The third-order valence-electron chi connectivity index (χ3n) is 2.00. The van der Waals surface area contributed by atoms with Gasteiger partial charge >= 0.3 is 0 Å². The Labute approximate surface area is 83.7 Å². The first kappa shape index (κ1) is 10.9. The van der Waals surface area contributed by atoms with Gasteiger partial charge in [-0.2, -0.15) is 5.48 Å². The molecule has 0 bridgehead atoms. The van der Waals surface area contributed by atoms with E-state index >= 15 is 0 Å². The molecule has 0 saturated heterocycles. The molecule has 2 N–H and O–H groups in total. The van der Waals surface area contributed by atoms with E-state index in [1.807, 2.05) is 18.2 Å². The second-order valence-corrected chi connectivity index (χ2v) is 3.96. The number of Topliss-reactive ketones (excluding diaryl/α,β-unsaturated/α-hetero) is 1. The minimum absolute atomic E-state index is 0.0251. The van der Waals surface area contributed by atoms with Gasteiger partial charge in [-0.15, -0.1) is 0 Å². The molecule has 0 heterocycles. The molecule has 0 fully saturated rings. The molecule has 0 aliphatic heterocycles. The molecule has 3 heteroatoms. The summed E-state index contributed by atoms with van der Waals surface area (Å²) in [4.78, 5) is 11.7. The van der Waals surface area contributed by atoms with Gasteiger partial charge in [0.05, 0.1) is 0 Å². The predicted octanol–water partition coefficient (Wildman–Crippen LogP) is 2.02. The molecule has 0 aliphatic rings. The number of hydroxylamine groups is 1. The fraction of sp³-hybridized carbons (Fsp3) is 0.364. The van der Waals surface area contributed by atoms with Crippen LogP contribution in [0.4, 0.5) is 0 Å². The molecule has 0 saturated carbocycles. The summed E-state index contributed by atoms with van der Waals surface area (Å²) < 4.78 is 0. The highest BCUT2D eigenvalue weighted by molar-refractivity contribution is 5.96. The van der Waals surface area contributed by atoms with E-state index in [9.17, 15) is 4.79 Å². The zero-order chi connectivity index (χ0) is 10.6. The van der Waals surface area contributed by atoms with Gasteiger partial charge in [0.1, 0.15) is 0 Å². The topological polar surface area (TPSA) is 49.3 Å². The maximum atomic E-state index is 11.7. The highest BCUT2D eigenvalue weighted by atomic mass is 16.5. The first-order valence-electron chi connectivity index (χ1n) is 4.55. The van der Waals surface area contributed by atoms with Gasteiger partial charge in [-0.05, 0) is 13.8 Å². The van der Waals surface area contributed by atoms with Crippen LogP contribution in [0.3, 0.4) is 0 Å². The van der Waals surface area contributed by atoms with Crippen molar-refractivity contribution in [2.45, 2.75) is 25.8 Å². The Morgan fingerprint density at radius 1 is 1.36 bits per heavy atom. The van der Waals surface area contributed by atoms with E-state index in [0.717, 1.165) is 0 Å². The number of hydrogen-bond acceptors (Lipinski definition) is 3. The van der Waals surface area contributed by atoms with Crippen molar-refractivity contribution in [2.24, 2.45) is 0 Å². The summed E-state index contributed by atoms with van der Waals surface area (Å²) in [5.74, 6) is 0.0251. The van der Waals surface area contributed by atoms with Gasteiger partial charge in [-0.3, -0.25) is 4.79 Å². The van der Waals surface area contributed by atoms with Gasteiger partial charge in [0.15, 0.2) is 5.78 Å². The first-order valence-corrected chi connectivity index (χ1v) is 4.55. The Balaban J connectivity index is 2.69. The van der Waals surface area contributed by atoms with Gasteiger partial charge in [-0.1, -0.05) is 30.3 Å². The molecule has 0 unspecified atom stereocenters.